The monoisotopic (exact) mass is 294 g/mol. The molecule has 0 N–H and O–H groups in total. The van der Waals surface area contributed by atoms with Crippen molar-refractivity contribution >= 4 is 10.0 Å². The second-order valence-electron chi connectivity index (χ2n) is 5.96. The molecule has 0 saturated carbocycles. The van der Waals surface area contributed by atoms with Gasteiger partial charge in [0.1, 0.15) is 0 Å². The van der Waals surface area contributed by atoms with Crippen LogP contribution in [0, 0.1) is 5.92 Å². The third-order valence-electron chi connectivity index (χ3n) is 4.63. The molecule has 2 fully saturated rings. The van der Waals surface area contributed by atoms with E-state index in [1.807, 2.05) is 6.07 Å². The van der Waals surface area contributed by atoms with E-state index < -0.39 is 10.0 Å². The first-order chi connectivity index (χ1) is 9.57. The van der Waals surface area contributed by atoms with Gasteiger partial charge in [0.15, 0.2) is 0 Å². The van der Waals surface area contributed by atoms with Crippen LogP contribution in [0.3, 0.4) is 0 Å². The summed E-state index contributed by atoms with van der Waals surface area (Å²) in [4.78, 5) is 2.39. The van der Waals surface area contributed by atoms with Crippen LogP contribution in [0.25, 0.3) is 0 Å². The lowest BCUT2D eigenvalue weighted by Crippen LogP contribution is -2.29. The summed E-state index contributed by atoms with van der Waals surface area (Å²) in [6.07, 6.45) is 1.76. The second-order valence-corrected chi connectivity index (χ2v) is 8.22. The van der Waals surface area contributed by atoms with Gasteiger partial charge in [0, 0.05) is 20.1 Å². The van der Waals surface area contributed by atoms with Gasteiger partial charge in [-0.3, -0.25) is 4.90 Å². The summed E-state index contributed by atoms with van der Waals surface area (Å²) in [7, 11) is -1.32. The molecule has 0 radical (unpaired) electrons. The lowest BCUT2D eigenvalue weighted by Gasteiger charge is -2.21. The minimum absolute atomic E-state index is 0.159. The Morgan fingerprint density at radius 1 is 1.15 bits per heavy atom. The van der Waals surface area contributed by atoms with Crippen LogP contribution >= 0.6 is 0 Å². The number of nitrogens with zero attached hydrogens (tertiary/aromatic N) is 2. The smallest absolute Gasteiger partial charge is 0.217 e. The van der Waals surface area contributed by atoms with E-state index in [-0.39, 0.29) is 5.25 Å². The van der Waals surface area contributed by atoms with Crippen molar-refractivity contribution in [1.29, 1.82) is 0 Å². The Morgan fingerprint density at radius 2 is 1.85 bits per heavy atom. The molecule has 20 heavy (non-hydrogen) atoms. The van der Waals surface area contributed by atoms with E-state index in [1.165, 1.54) is 5.56 Å². The molecule has 0 aliphatic carbocycles. The zero-order valence-electron chi connectivity index (χ0n) is 11.9. The predicted molar refractivity (Wildman–Crippen MR) is 79.8 cm³/mol. The minimum atomic E-state index is -3.04. The van der Waals surface area contributed by atoms with Crippen molar-refractivity contribution < 1.29 is 8.42 Å². The number of fused-ring (bicyclic) bond motifs is 1. The van der Waals surface area contributed by atoms with E-state index in [0.29, 0.717) is 12.5 Å². The molecule has 1 aromatic carbocycles. The molecule has 2 saturated heterocycles. The third-order valence-corrected chi connectivity index (χ3v) is 7.03. The van der Waals surface area contributed by atoms with E-state index in [9.17, 15) is 8.42 Å². The molecule has 2 aliphatic rings. The highest BCUT2D eigenvalue weighted by atomic mass is 32.2. The highest BCUT2D eigenvalue weighted by Gasteiger charge is 2.44. The van der Waals surface area contributed by atoms with E-state index in [2.05, 4.69) is 29.2 Å². The molecule has 0 bridgehead atoms. The lowest BCUT2D eigenvalue weighted by molar-refractivity contribution is 0.269. The fourth-order valence-electron chi connectivity index (χ4n) is 3.46. The number of hydrogen-bond donors (Lipinski definition) is 0. The zero-order valence-corrected chi connectivity index (χ0v) is 12.7. The average molecular weight is 294 g/mol. The van der Waals surface area contributed by atoms with Crippen molar-refractivity contribution in [3.8, 4) is 0 Å². The van der Waals surface area contributed by atoms with Crippen LogP contribution in [0.4, 0.5) is 0 Å². The molecular weight excluding hydrogens is 272 g/mol. The Balaban J connectivity index is 1.67. The van der Waals surface area contributed by atoms with E-state index >= 15 is 0 Å². The van der Waals surface area contributed by atoms with Gasteiger partial charge in [-0.1, -0.05) is 30.3 Å². The Labute approximate surface area is 121 Å². The first-order valence-corrected chi connectivity index (χ1v) is 8.79. The van der Waals surface area contributed by atoms with Crippen LogP contribution in [-0.4, -0.2) is 49.6 Å². The number of sulfonamides is 1. The first kappa shape index (κ1) is 14.0. The highest BCUT2D eigenvalue weighted by Crippen LogP contribution is 2.33. The first-order valence-electron chi connectivity index (χ1n) is 7.29. The van der Waals surface area contributed by atoms with Crippen molar-refractivity contribution in [3.05, 3.63) is 35.9 Å². The molecule has 2 atom stereocenters. The molecule has 2 heterocycles. The molecular formula is C15H22N2O2S. The van der Waals surface area contributed by atoms with Crippen molar-refractivity contribution in [2.45, 2.75) is 24.6 Å². The number of likely N-dealkylation sites (tertiary alicyclic amines) is 1. The molecule has 110 valence electrons. The van der Waals surface area contributed by atoms with Gasteiger partial charge in [-0.2, -0.15) is 0 Å². The van der Waals surface area contributed by atoms with Crippen LogP contribution in [0.15, 0.2) is 30.3 Å². The molecule has 3 rings (SSSR count). The van der Waals surface area contributed by atoms with Crippen LogP contribution < -0.4 is 0 Å². The summed E-state index contributed by atoms with van der Waals surface area (Å²) >= 11 is 0. The second kappa shape index (κ2) is 5.47. The van der Waals surface area contributed by atoms with Gasteiger partial charge in [-0.05, 0) is 37.4 Å². The maximum Gasteiger partial charge on any atom is 0.217 e. The minimum Gasteiger partial charge on any atom is -0.299 e. The number of hydrogen-bond acceptors (Lipinski definition) is 3. The maximum absolute atomic E-state index is 12.3. The molecule has 1 aromatic rings. The summed E-state index contributed by atoms with van der Waals surface area (Å²) in [5.41, 5.74) is 1.31. The molecule has 5 heteroatoms. The molecule has 0 amide bonds. The molecule has 2 aliphatic heterocycles. The molecule has 0 unspecified atom stereocenters. The predicted octanol–water partition coefficient (Wildman–Crippen LogP) is 1.54. The zero-order chi connectivity index (χ0) is 14.2. The van der Waals surface area contributed by atoms with Crippen LogP contribution in [0.2, 0.25) is 0 Å². The molecule has 0 spiro atoms. The fourth-order valence-corrected chi connectivity index (χ4v) is 5.43. The quantitative estimate of drug-likeness (QED) is 0.831. The topological polar surface area (TPSA) is 40.6 Å². The molecule has 4 nitrogen and oxygen atoms in total. The largest absolute Gasteiger partial charge is 0.299 e. The van der Waals surface area contributed by atoms with E-state index in [1.54, 1.807) is 11.4 Å². The standard InChI is InChI=1S/C15H22N2O2S/c1-16-12-14-7-9-17(10-8-15(14)20(16,18)19)11-13-5-3-2-4-6-13/h2-6,14-15H,7-12H2,1H3/t14-,15-/m0/s1. The van der Waals surface area contributed by atoms with E-state index in [4.69, 9.17) is 0 Å². The average Bonchev–Trinajstić information content (AvgIpc) is 2.57. The maximum atomic E-state index is 12.3. The summed E-state index contributed by atoms with van der Waals surface area (Å²) in [5, 5.41) is -0.159. The fraction of sp³-hybridized carbons (Fsp3) is 0.600. The Bertz CT molecular complexity index is 558. The van der Waals surface area contributed by atoms with Gasteiger partial charge >= 0.3 is 0 Å². The van der Waals surface area contributed by atoms with Gasteiger partial charge in [0.05, 0.1) is 5.25 Å². The van der Waals surface area contributed by atoms with Gasteiger partial charge < -0.3 is 0 Å². The van der Waals surface area contributed by atoms with Crippen LogP contribution in [-0.2, 0) is 16.6 Å². The van der Waals surface area contributed by atoms with Crippen LogP contribution in [0.5, 0.6) is 0 Å². The van der Waals surface area contributed by atoms with Crippen molar-refractivity contribution in [2.75, 3.05) is 26.7 Å². The van der Waals surface area contributed by atoms with Crippen molar-refractivity contribution in [2.24, 2.45) is 5.92 Å². The number of benzene rings is 1. The number of rotatable bonds is 2. The highest BCUT2D eigenvalue weighted by molar-refractivity contribution is 7.90. The summed E-state index contributed by atoms with van der Waals surface area (Å²) in [6.45, 7) is 3.50. The van der Waals surface area contributed by atoms with Gasteiger partial charge in [-0.25, -0.2) is 12.7 Å². The Kier molecular flexibility index (Phi) is 3.84. The molecule has 0 aromatic heterocycles. The van der Waals surface area contributed by atoms with Gasteiger partial charge in [-0.15, -0.1) is 0 Å². The SMILES string of the molecule is CN1C[C@@H]2CCN(Cc3ccccc3)CC[C@@H]2S1(=O)=O. The Hall–Kier alpha value is -0.910. The normalized spacial score (nSPS) is 30.9. The van der Waals surface area contributed by atoms with E-state index in [0.717, 1.165) is 32.5 Å². The van der Waals surface area contributed by atoms with Crippen molar-refractivity contribution in [3.63, 3.8) is 0 Å². The Morgan fingerprint density at radius 3 is 2.60 bits per heavy atom. The van der Waals surface area contributed by atoms with Crippen LogP contribution in [0.1, 0.15) is 18.4 Å². The lowest BCUT2D eigenvalue weighted by atomic mass is 10.0. The summed E-state index contributed by atoms with van der Waals surface area (Å²) in [5.74, 6) is 0.311. The van der Waals surface area contributed by atoms with Gasteiger partial charge in [0.25, 0.3) is 0 Å². The third kappa shape index (κ3) is 2.62. The summed E-state index contributed by atoms with van der Waals surface area (Å²) in [6, 6.07) is 10.4. The van der Waals surface area contributed by atoms with Gasteiger partial charge in [0.2, 0.25) is 10.0 Å². The summed E-state index contributed by atoms with van der Waals surface area (Å²) < 4.78 is 26.1. The van der Waals surface area contributed by atoms with Crippen molar-refractivity contribution in [1.82, 2.24) is 9.21 Å².